The van der Waals surface area contributed by atoms with E-state index >= 15 is 0 Å². The highest BCUT2D eigenvalue weighted by molar-refractivity contribution is 5.19. The van der Waals surface area contributed by atoms with Crippen LogP contribution in [0.1, 0.15) is 38.3 Å². The first-order valence-corrected chi connectivity index (χ1v) is 7.09. The van der Waals surface area contributed by atoms with Crippen molar-refractivity contribution in [3.8, 4) is 0 Å². The fourth-order valence-electron chi connectivity index (χ4n) is 2.24. The van der Waals surface area contributed by atoms with Gasteiger partial charge in [-0.05, 0) is 18.4 Å². The van der Waals surface area contributed by atoms with Crippen molar-refractivity contribution in [2.24, 2.45) is 5.41 Å². The van der Waals surface area contributed by atoms with E-state index in [1.54, 1.807) is 7.11 Å². The van der Waals surface area contributed by atoms with Crippen LogP contribution in [0.3, 0.4) is 0 Å². The van der Waals surface area contributed by atoms with E-state index in [2.05, 4.69) is 31.3 Å². The first kappa shape index (κ1) is 16.2. The molecule has 2 N–H and O–H groups in total. The lowest BCUT2D eigenvalue weighted by atomic mass is 9.83. The van der Waals surface area contributed by atoms with Crippen LogP contribution in [0, 0.1) is 5.41 Å². The van der Waals surface area contributed by atoms with Crippen LogP contribution in [0.4, 0.5) is 0 Å². The Balaban J connectivity index is 2.69. The SMILES string of the molecule is CCC(CC)(CO)CNC(COC)c1ccccc1. The fraction of sp³-hybridized carbons (Fsp3) is 0.625. The molecule has 0 bridgehead atoms. The molecule has 0 saturated carbocycles. The summed E-state index contributed by atoms with van der Waals surface area (Å²) in [4.78, 5) is 0. The smallest absolute Gasteiger partial charge is 0.0657 e. The van der Waals surface area contributed by atoms with Crippen molar-refractivity contribution in [3.63, 3.8) is 0 Å². The van der Waals surface area contributed by atoms with Gasteiger partial charge in [0.25, 0.3) is 0 Å². The van der Waals surface area contributed by atoms with Crippen molar-refractivity contribution >= 4 is 0 Å². The number of ether oxygens (including phenoxy) is 1. The highest BCUT2D eigenvalue weighted by atomic mass is 16.5. The van der Waals surface area contributed by atoms with Crippen LogP contribution in [0.2, 0.25) is 0 Å². The summed E-state index contributed by atoms with van der Waals surface area (Å²) in [5.41, 5.74) is 1.20. The second-order valence-corrected chi connectivity index (χ2v) is 5.16. The van der Waals surface area contributed by atoms with Crippen molar-refractivity contribution in [2.75, 3.05) is 26.9 Å². The van der Waals surface area contributed by atoms with Gasteiger partial charge in [0.15, 0.2) is 0 Å². The summed E-state index contributed by atoms with van der Waals surface area (Å²) < 4.78 is 5.30. The first-order chi connectivity index (χ1) is 9.21. The van der Waals surface area contributed by atoms with E-state index in [1.165, 1.54) is 5.56 Å². The first-order valence-electron chi connectivity index (χ1n) is 7.09. The topological polar surface area (TPSA) is 41.5 Å². The van der Waals surface area contributed by atoms with Crippen molar-refractivity contribution < 1.29 is 9.84 Å². The molecule has 0 fully saturated rings. The minimum Gasteiger partial charge on any atom is -0.396 e. The molecule has 19 heavy (non-hydrogen) atoms. The number of benzene rings is 1. The van der Waals surface area contributed by atoms with Crippen LogP contribution >= 0.6 is 0 Å². The van der Waals surface area contributed by atoms with Gasteiger partial charge < -0.3 is 15.2 Å². The molecule has 0 radical (unpaired) electrons. The highest BCUT2D eigenvalue weighted by Gasteiger charge is 2.26. The van der Waals surface area contributed by atoms with E-state index in [1.807, 2.05) is 18.2 Å². The third-order valence-corrected chi connectivity index (χ3v) is 4.09. The summed E-state index contributed by atoms with van der Waals surface area (Å²) in [6.45, 7) is 5.93. The zero-order valence-corrected chi connectivity index (χ0v) is 12.4. The second kappa shape index (κ2) is 8.31. The van der Waals surface area contributed by atoms with Gasteiger partial charge in [0.2, 0.25) is 0 Å². The maximum atomic E-state index is 9.62. The predicted octanol–water partition coefficient (Wildman–Crippen LogP) is 2.76. The average Bonchev–Trinajstić information content (AvgIpc) is 2.49. The number of aliphatic hydroxyl groups is 1. The minimum atomic E-state index is -0.0270. The molecule has 0 aliphatic heterocycles. The Morgan fingerprint density at radius 1 is 1.21 bits per heavy atom. The molecule has 0 amide bonds. The number of aliphatic hydroxyl groups excluding tert-OH is 1. The predicted molar refractivity (Wildman–Crippen MR) is 79.2 cm³/mol. The molecule has 1 unspecified atom stereocenters. The van der Waals surface area contributed by atoms with Crippen molar-refractivity contribution in [1.82, 2.24) is 5.32 Å². The van der Waals surface area contributed by atoms with E-state index in [4.69, 9.17) is 4.74 Å². The molecular formula is C16H27NO2. The largest absolute Gasteiger partial charge is 0.396 e. The lowest BCUT2D eigenvalue weighted by Gasteiger charge is -2.32. The summed E-state index contributed by atoms with van der Waals surface area (Å²) in [7, 11) is 1.72. The number of hydrogen-bond acceptors (Lipinski definition) is 3. The van der Waals surface area contributed by atoms with Gasteiger partial charge in [0.05, 0.1) is 12.6 Å². The second-order valence-electron chi connectivity index (χ2n) is 5.16. The van der Waals surface area contributed by atoms with E-state index in [0.717, 1.165) is 19.4 Å². The normalized spacial score (nSPS) is 13.5. The number of hydrogen-bond donors (Lipinski definition) is 2. The summed E-state index contributed by atoms with van der Waals surface area (Å²) >= 11 is 0. The summed E-state index contributed by atoms with van der Waals surface area (Å²) in [6, 6.07) is 10.5. The maximum Gasteiger partial charge on any atom is 0.0657 e. The molecule has 0 heterocycles. The van der Waals surface area contributed by atoms with Crippen molar-refractivity contribution in [3.05, 3.63) is 35.9 Å². The molecule has 1 aromatic rings. The van der Waals surface area contributed by atoms with Gasteiger partial charge in [-0.1, -0.05) is 44.2 Å². The molecule has 1 rings (SSSR count). The molecule has 0 aliphatic rings. The van der Waals surface area contributed by atoms with Crippen LogP contribution < -0.4 is 5.32 Å². The minimum absolute atomic E-state index is 0.0270. The molecule has 0 aliphatic carbocycles. The Morgan fingerprint density at radius 2 is 1.84 bits per heavy atom. The van der Waals surface area contributed by atoms with E-state index < -0.39 is 0 Å². The van der Waals surface area contributed by atoms with Gasteiger partial charge in [-0.25, -0.2) is 0 Å². The zero-order valence-electron chi connectivity index (χ0n) is 12.4. The quantitative estimate of drug-likeness (QED) is 0.721. The lowest BCUT2D eigenvalue weighted by Crippen LogP contribution is -2.39. The summed E-state index contributed by atoms with van der Waals surface area (Å²) in [5.74, 6) is 0. The zero-order chi connectivity index (χ0) is 14.1. The summed E-state index contributed by atoms with van der Waals surface area (Å²) in [5, 5.41) is 13.2. The highest BCUT2D eigenvalue weighted by Crippen LogP contribution is 2.26. The average molecular weight is 265 g/mol. The van der Waals surface area contributed by atoms with Crippen molar-refractivity contribution in [2.45, 2.75) is 32.7 Å². The Kier molecular flexibility index (Phi) is 7.06. The fourth-order valence-corrected chi connectivity index (χ4v) is 2.24. The molecular weight excluding hydrogens is 238 g/mol. The Bertz CT molecular complexity index is 328. The summed E-state index contributed by atoms with van der Waals surface area (Å²) in [6.07, 6.45) is 1.95. The monoisotopic (exact) mass is 265 g/mol. The number of rotatable bonds is 9. The van der Waals surface area contributed by atoms with Crippen LogP contribution in [0.15, 0.2) is 30.3 Å². The molecule has 0 aromatic heterocycles. The molecule has 1 atom stereocenters. The molecule has 0 saturated heterocycles. The standard InChI is InChI=1S/C16H27NO2/c1-4-16(5-2,13-18)12-17-15(11-19-3)14-9-7-6-8-10-14/h6-10,15,17-18H,4-5,11-13H2,1-3H3. The Labute approximate surface area is 117 Å². The molecule has 3 heteroatoms. The van der Waals surface area contributed by atoms with Gasteiger partial charge in [-0.3, -0.25) is 0 Å². The van der Waals surface area contributed by atoms with E-state index in [0.29, 0.717) is 6.61 Å². The third kappa shape index (κ3) is 4.60. The molecule has 108 valence electrons. The number of methoxy groups -OCH3 is 1. The lowest BCUT2D eigenvalue weighted by molar-refractivity contribution is 0.0991. The molecule has 3 nitrogen and oxygen atoms in total. The van der Waals surface area contributed by atoms with Gasteiger partial charge >= 0.3 is 0 Å². The van der Waals surface area contributed by atoms with Gasteiger partial charge in [-0.15, -0.1) is 0 Å². The van der Waals surface area contributed by atoms with Crippen LogP contribution in [-0.2, 0) is 4.74 Å². The Hall–Kier alpha value is -0.900. The van der Waals surface area contributed by atoms with Gasteiger partial charge in [0, 0.05) is 25.7 Å². The van der Waals surface area contributed by atoms with Gasteiger partial charge in [-0.2, -0.15) is 0 Å². The molecule has 1 aromatic carbocycles. The van der Waals surface area contributed by atoms with E-state index in [-0.39, 0.29) is 18.1 Å². The Morgan fingerprint density at radius 3 is 2.32 bits per heavy atom. The van der Waals surface area contributed by atoms with Crippen LogP contribution in [0.5, 0.6) is 0 Å². The maximum absolute atomic E-state index is 9.62. The number of nitrogens with one attached hydrogen (secondary N) is 1. The van der Waals surface area contributed by atoms with Crippen LogP contribution in [-0.4, -0.2) is 32.0 Å². The van der Waals surface area contributed by atoms with Gasteiger partial charge in [0.1, 0.15) is 0 Å². The van der Waals surface area contributed by atoms with Crippen LogP contribution in [0.25, 0.3) is 0 Å². The van der Waals surface area contributed by atoms with Crippen molar-refractivity contribution in [1.29, 1.82) is 0 Å². The molecule has 0 spiro atoms. The third-order valence-electron chi connectivity index (χ3n) is 4.09. The van der Waals surface area contributed by atoms with E-state index in [9.17, 15) is 5.11 Å².